The third-order valence-corrected chi connectivity index (χ3v) is 5.51. The molecule has 0 amide bonds. The van der Waals surface area contributed by atoms with Crippen LogP contribution in [0.1, 0.15) is 25.3 Å². The first-order chi connectivity index (χ1) is 13.8. The third kappa shape index (κ3) is 3.98. The molecule has 0 atom stereocenters. The van der Waals surface area contributed by atoms with E-state index in [4.69, 9.17) is 17.3 Å². The fourth-order valence-corrected chi connectivity index (χ4v) is 3.89. The quantitative estimate of drug-likeness (QED) is 0.574. The van der Waals surface area contributed by atoms with Gasteiger partial charge < -0.3 is 0 Å². The molecule has 5 nitrogen and oxygen atoms in total. The molecule has 1 aliphatic rings. The van der Waals surface area contributed by atoms with E-state index in [9.17, 15) is 0 Å². The van der Waals surface area contributed by atoms with Crippen molar-refractivity contribution in [1.29, 1.82) is 0 Å². The summed E-state index contributed by atoms with van der Waals surface area (Å²) in [6, 6.07) is 14.6. The molecule has 0 saturated carbocycles. The zero-order valence-corrected chi connectivity index (χ0v) is 17.0. The van der Waals surface area contributed by atoms with E-state index < -0.39 is 0 Å². The predicted molar refractivity (Wildman–Crippen MR) is 115 cm³/mol. The molecule has 1 aromatic carbocycles. The van der Waals surface area contributed by atoms with Gasteiger partial charge in [0.1, 0.15) is 0 Å². The van der Waals surface area contributed by atoms with Gasteiger partial charge in [0.25, 0.3) is 0 Å². The van der Waals surface area contributed by atoms with Crippen molar-refractivity contribution in [2.45, 2.75) is 33.0 Å². The highest BCUT2D eigenvalue weighted by molar-refractivity contribution is 7.71. The molecule has 144 valence electrons. The van der Waals surface area contributed by atoms with Crippen molar-refractivity contribution in [3.8, 4) is 11.4 Å². The van der Waals surface area contributed by atoms with Crippen LogP contribution in [0.2, 0.25) is 0 Å². The van der Waals surface area contributed by atoms with Crippen LogP contribution in [0.3, 0.4) is 0 Å². The summed E-state index contributed by atoms with van der Waals surface area (Å²) in [6.45, 7) is 5.67. The van der Waals surface area contributed by atoms with Crippen LogP contribution in [0.5, 0.6) is 0 Å². The number of hydrogen-bond donors (Lipinski definition) is 0. The zero-order chi connectivity index (χ0) is 19.3. The zero-order valence-electron chi connectivity index (χ0n) is 16.2. The van der Waals surface area contributed by atoms with E-state index in [0.717, 1.165) is 48.6 Å². The minimum atomic E-state index is 0.714. The van der Waals surface area contributed by atoms with Crippen LogP contribution in [0.4, 0.5) is 0 Å². The standard InChI is InChI=1S/C22H25N5S/c1-2-14-26-21(20-8-12-23-13-9-20)24-27(22(26)28)17-25-15-10-19(11-16-25)18-6-4-3-5-7-18/h3-10,12-13H,2,11,14-17H2,1H3. The van der Waals surface area contributed by atoms with Crippen LogP contribution in [-0.2, 0) is 13.2 Å². The van der Waals surface area contributed by atoms with Crippen LogP contribution < -0.4 is 0 Å². The Hall–Kier alpha value is -2.57. The minimum absolute atomic E-state index is 0.714. The highest BCUT2D eigenvalue weighted by Gasteiger charge is 2.17. The highest BCUT2D eigenvalue weighted by atomic mass is 32.1. The van der Waals surface area contributed by atoms with Crippen LogP contribution in [-0.4, -0.2) is 37.3 Å². The van der Waals surface area contributed by atoms with Crippen molar-refractivity contribution in [2.24, 2.45) is 0 Å². The first kappa shape index (κ1) is 18.8. The van der Waals surface area contributed by atoms with E-state index in [1.807, 2.05) is 16.8 Å². The lowest BCUT2D eigenvalue weighted by Gasteiger charge is -2.26. The van der Waals surface area contributed by atoms with Gasteiger partial charge in [-0.3, -0.25) is 14.5 Å². The molecule has 0 radical (unpaired) electrons. The number of nitrogens with zero attached hydrogens (tertiary/aromatic N) is 5. The summed E-state index contributed by atoms with van der Waals surface area (Å²) < 4.78 is 4.88. The molecule has 0 saturated heterocycles. The maximum Gasteiger partial charge on any atom is 0.199 e. The minimum Gasteiger partial charge on any atom is -0.300 e. The van der Waals surface area contributed by atoms with Gasteiger partial charge in [0.2, 0.25) is 0 Å². The molecule has 0 unspecified atom stereocenters. The van der Waals surface area contributed by atoms with Crippen molar-refractivity contribution in [2.75, 3.05) is 13.1 Å². The molecule has 0 spiro atoms. The molecule has 4 rings (SSSR count). The summed E-state index contributed by atoms with van der Waals surface area (Å²) in [7, 11) is 0. The molecule has 0 aliphatic carbocycles. The Bertz CT molecular complexity index is 1000. The summed E-state index contributed by atoms with van der Waals surface area (Å²) in [6.07, 6.45) is 7.99. The Morgan fingerprint density at radius 3 is 2.50 bits per heavy atom. The Balaban J connectivity index is 1.54. The van der Waals surface area contributed by atoms with Gasteiger partial charge in [0.15, 0.2) is 10.6 Å². The topological polar surface area (TPSA) is 38.9 Å². The summed E-state index contributed by atoms with van der Waals surface area (Å²) in [5.41, 5.74) is 3.80. The Labute approximate surface area is 171 Å². The Morgan fingerprint density at radius 1 is 1.04 bits per heavy atom. The number of aromatic nitrogens is 4. The molecule has 0 N–H and O–H groups in total. The van der Waals surface area contributed by atoms with Gasteiger partial charge in [-0.05, 0) is 48.3 Å². The summed E-state index contributed by atoms with van der Waals surface area (Å²) >= 11 is 5.75. The second kappa shape index (κ2) is 8.63. The molecule has 0 fully saturated rings. The number of pyridine rings is 1. The van der Waals surface area contributed by atoms with Crippen LogP contribution in [0.25, 0.3) is 17.0 Å². The van der Waals surface area contributed by atoms with Crippen LogP contribution in [0, 0.1) is 4.77 Å². The third-order valence-electron chi connectivity index (χ3n) is 5.08. The fraction of sp³-hybridized carbons (Fsp3) is 0.318. The molecule has 3 aromatic rings. The average Bonchev–Trinajstić information content (AvgIpc) is 3.06. The Kier molecular flexibility index (Phi) is 5.78. The van der Waals surface area contributed by atoms with Crippen molar-refractivity contribution in [1.82, 2.24) is 24.2 Å². The lowest BCUT2D eigenvalue weighted by molar-refractivity contribution is 0.226. The Morgan fingerprint density at radius 2 is 1.82 bits per heavy atom. The van der Waals surface area contributed by atoms with Gasteiger partial charge >= 0.3 is 0 Å². The fourth-order valence-electron chi connectivity index (χ4n) is 3.62. The van der Waals surface area contributed by atoms with Gasteiger partial charge in [-0.15, -0.1) is 0 Å². The first-order valence-electron chi connectivity index (χ1n) is 9.81. The number of hydrogen-bond acceptors (Lipinski definition) is 4. The van der Waals surface area contributed by atoms with E-state index in [1.165, 1.54) is 11.1 Å². The van der Waals surface area contributed by atoms with E-state index in [2.05, 4.69) is 57.8 Å². The second-order valence-electron chi connectivity index (χ2n) is 7.06. The molecule has 6 heteroatoms. The average molecular weight is 392 g/mol. The molecule has 3 heterocycles. The molecule has 1 aliphatic heterocycles. The van der Waals surface area contributed by atoms with Crippen molar-refractivity contribution in [3.05, 3.63) is 71.3 Å². The molecular weight excluding hydrogens is 366 g/mol. The van der Waals surface area contributed by atoms with Gasteiger partial charge in [0, 0.05) is 37.6 Å². The van der Waals surface area contributed by atoms with E-state index in [0.29, 0.717) is 6.67 Å². The van der Waals surface area contributed by atoms with Gasteiger partial charge in [0.05, 0.1) is 6.67 Å². The maximum atomic E-state index is 5.75. The van der Waals surface area contributed by atoms with E-state index in [-0.39, 0.29) is 0 Å². The van der Waals surface area contributed by atoms with Crippen molar-refractivity contribution in [3.63, 3.8) is 0 Å². The van der Waals surface area contributed by atoms with Gasteiger partial charge in [-0.1, -0.05) is 43.3 Å². The summed E-state index contributed by atoms with van der Waals surface area (Å²) in [5, 5.41) is 4.86. The smallest absolute Gasteiger partial charge is 0.199 e. The number of benzene rings is 1. The van der Waals surface area contributed by atoms with Crippen molar-refractivity contribution < 1.29 is 0 Å². The van der Waals surface area contributed by atoms with Gasteiger partial charge in [-0.25, -0.2) is 4.68 Å². The molecule has 2 aromatic heterocycles. The van der Waals surface area contributed by atoms with Crippen LogP contribution >= 0.6 is 12.2 Å². The maximum absolute atomic E-state index is 5.75. The normalized spacial score (nSPS) is 14.8. The monoisotopic (exact) mass is 391 g/mol. The molecule has 0 bridgehead atoms. The van der Waals surface area contributed by atoms with Crippen molar-refractivity contribution >= 4 is 17.8 Å². The van der Waals surface area contributed by atoms with E-state index in [1.54, 1.807) is 12.4 Å². The van der Waals surface area contributed by atoms with Gasteiger partial charge in [-0.2, -0.15) is 5.10 Å². The first-order valence-corrected chi connectivity index (χ1v) is 10.2. The largest absolute Gasteiger partial charge is 0.300 e. The predicted octanol–water partition coefficient (Wildman–Crippen LogP) is 4.63. The highest BCUT2D eigenvalue weighted by Crippen LogP contribution is 2.23. The summed E-state index contributed by atoms with van der Waals surface area (Å²) in [4.78, 5) is 6.51. The SMILES string of the molecule is CCCn1c(-c2ccncc2)nn(CN2CC=C(c3ccccc3)CC2)c1=S. The molecular formula is C22H25N5S. The lowest BCUT2D eigenvalue weighted by Crippen LogP contribution is -2.31. The molecule has 28 heavy (non-hydrogen) atoms. The number of rotatable bonds is 6. The van der Waals surface area contributed by atoms with E-state index >= 15 is 0 Å². The lowest BCUT2D eigenvalue weighted by atomic mass is 10.00. The summed E-state index contributed by atoms with van der Waals surface area (Å²) in [5.74, 6) is 0.923. The second-order valence-corrected chi connectivity index (χ2v) is 7.42. The van der Waals surface area contributed by atoms with Crippen LogP contribution in [0.15, 0.2) is 60.9 Å².